The zero-order valence-corrected chi connectivity index (χ0v) is 10.1. The lowest BCUT2D eigenvalue weighted by Crippen LogP contribution is -2.14. The molecule has 1 aliphatic rings. The van der Waals surface area contributed by atoms with Gasteiger partial charge in [-0.1, -0.05) is 0 Å². The Kier molecular flexibility index (Phi) is 2.05. The van der Waals surface area contributed by atoms with Crippen LogP contribution >= 0.6 is 0 Å². The fourth-order valence-corrected chi connectivity index (χ4v) is 2.18. The average Bonchev–Trinajstić information content (AvgIpc) is 3.20. The lowest BCUT2D eigenvalue weighted by Gasteiger charge is -1.98. The van der Waals surface area contributed by atoms with Crippen molar-refractivity contribution in [2.24, 2.45) is 0 Å². The number of rotatable bonds is 2. The molecule has 94 valence electrons. The molecule has 6 nitrogen and oxygen atoms in total. The van der Waals surface area contributed by atoms with Crippen LogP contribution < -0.4 is 5.56 Å². The Hall–Kier alpha value is -2.50. The van der Waals surface area contributed by atoms with Crippen LogP contribution in [0.3, 0.4) is 0 Å². The summed E-state index contributed by atoms with van der Waals surface area (Å²) in [5.41, 5.74) is 2.75. The van der Waals surface area contributed by atoms with Gasteiger partial charge in [-0.25, -0.2) is 9.50 Å². The van der Waals surface area contributed by atoms with Gasteiger partial charge in [0.05, 0.1) is 11.9 Å². The zero-order chi connectivity index (χ0) is 12.8. The van der Waals surface area contributed by atoms with Gasteiger partial charge in [0.1, 0.15) is 5.69 Å². The Morgan fingerprint density at radius 3 is 2.84 bits per heavy atom. The molecule has 0 spiro atoms. The predicted octanol–water partition coefficient (Wildman–Crippen LogP) is 1.36. The molecule has 6 heteroatoms. The lowest BCUT2D eigenvalue weighted by atomic mass is 10.3. The summed E-state index contributed by atoms with van der Waals surface area (Å²) in [7, 11) is 0. The van der Waals surface area contributed by atoms with E-state index in [1.165, 1.54) is 23.4 Å². The number of fused-ring (bicyclic) bond motifs is 1. The van der Waals surface area contributed by atoms with Gasteiger partial charge in [-0.2, -0.15) is 0 Å². The summed E-state index contributed by atoms with van der Waals surface area (Å²) in [4.78, 5) is 24.7. The fourth-order valence-electron chi connectivity index (χ4n) is 2.18. The number of aromatic amines is 1. The first-order valence-corrected chi connectivity index (χ1v) is 6.20. The van der Waals surface area contributed by atoms with Gasteiger partial charge in [0, 0.05) is 36.1 Å². The van der Waals surface area contributed by atoms with Gasteiger partial charge >= 0.3 is 0 Å². The van der Waals surface area contributed by atoms with E-state index in [2.05, 4.69) is 20.1 Å². The minimum Gasteiger partial charge on any atom is -0.293 e. The summed E-state index contributed by atoms with van der Waals surface area (Å²) in [5.74, 6) is 0.557. The van der Waals surface area contributed by atoms with Crippen molar-refractivity contribution in [1.82, 2.24) is 24.6 Å². The van der Waals surface area contributed by atoms with Crippen LogP contribution in [-0.4, -0.2) is 24.6 Å². The maximum Gasteiger partial charge on any atom is 0.273 e. The number of H-pyrrole nitrogens is 1. The van der Waals surface area contributed by atoms with Crippen LogP contribution in [0.25, 0.3) is 17.0 Å². The molecule has 1 fully saturated rings. The molecular weight excluding hydrogens is 242 g/mol. The average molecular weight is 253 g/mol. The Balaban J connectivity index is 1.92. The van der Waals surface area contributed by atoms with E-state index >= 15 is 0 Å². The van der Waals surface area contributed by atoms with Crippen LogP contribution in [0.4, 0.5) is 0 Å². The number of hydrogen-bond donors (Lipinski definition) is 1. The third kappa shape index (κ3) is 1.72. The second-order valence-electron chi connectivity index (χ2n) is 4.75. The van der Waals surface area contributed by atoms with Gasteiger partial charge in [0.25, 0.3) is 5.56 Å². The molecule has 1 aliphatic carbocycles. The van der Waals surface area contributed by atoms with Crippen molar-refractivity contribution in [3.63, 3.8) is 0 Å². The Labute approximate surface area is 108 Å². The summed E-state index contributed by atoms with van der Waals surface area (Å²) in [6.45, 7) is 0. The van der Waals surface area contributed by atoms with E-state index in [-0.39, 0.29) is 5.56 Å². The van der Waals surface area contributed by atoms with Gasteiger partial charge in [0.2, 0.25) is 0 Å². The molecular formula is C13H11N5O. The molecule has 0 bridgehead atoms. The molecule has 19 heavy (non-hydrogen) atoms. The molecule has 0 aromatic carbocycles. The second kappa shape index (κ2) is 3.74. The van der Waals surface area contributed by atoms with E-state index in [9.17, 15) is 4.79 Å². The highest BCUT2D eigenvalue weighted by molar-refractivity contribution is 5.56. The highest BCUT2D eigenvalue weighted by atomic mass is 16.1. The first-order valence-electron chi connectivity index (χ1n) is 6.20. The molecule has 3 aromatic rings. The highest BCUT2D eigenvalue weighted by Gasteiger charge is 2.26. The van der Waals surface area contributed by atoms with Crippen LogP contribution in [0.1, 0.15) is 24.5 Å². The Morgan fingerprint density at radius 2 is 2.11 bits per heavy atom. The Morgan fingerprint density at radius 1 is 1.21 bits per heavy atom. The van der Waals surface area contributed by atoms with Crippen molar-refractivity contribution in [3.05, 3.63) is 46.8 Å². The predicted molar refractivity (Wildman–Crippen MR) is 68.8 cm³/mol. The van der Waals surface area contributed by atoms with Gasteiger partial charge in [0.15, 0.2) is 5.65 Å². The number of hydrogen-bond acceptors (Lipinski definition) is 4. The number of aromatic nitrogens is 5. The monoisotopic (exact) mass is 253 g/mol. The second-order valence-corrected chi connectivity index (χ2v) is 4.75. The van der Waals surface area contributed by atoms with E-state index in [0.29, 0.717) is 23.0 Å². The van der Waals surface area contributed by atoms with Crippen molar-refractivity contribution in [2.75, 3.05) is 0 Å². The summed E-state index contributed by atoms with van der Waals surface area (Å²) < 4.78 is 1.48. The topological polar surface area (TPSA) is 75.9 Å². The zero-order valence-electron chi connectivity index (χ0n) is 10.1. The molecule has 1 N–H and O–H groups in total. The molecule has 0 saturated heterocycles. The molecule has 3 heterocycles. The highest BCUT2D eigenvalue weighted by Crippen LogP contribution is 2.39. The van der Waals surface area contributed by atoms with Crippen LogP contribution in [-0.2, 0) is 0 Å². The van der Waals surface area contributed by atoms with E-state index in [1.807, 2.05) is 6.07 Å². The first kappa shape index (κ1) is 10.4. The van der Waals surface area contributed by atoms with Gasteiger partial charge < -0.3 is 0 Å². The maximum atomic E-state index is 12.1. The third-order valence-electron chi connectivity index (χ3n) is 3.31. The van der Waals surface area contributed by atoms with Gasteiger partial charge in [-0.05, 0) is 12.8 Å². The standard InChI is InChI=1S/C13H11N5O/c19-13-6-10(11-7-14-3-4-15-11)16-12-5-9(8-1-2-8)17-18(12)13/h3-8,17H,1-2H2. The van der Waals surface area contributed by atoms with Crippen molar-refractivity contribution in [2.45, 2.75) is 18.8 Å². The first-order chi connectivity index (χ1) is 9.31. The van der Waals surface area contributed by atoms with Crippen LogP contribution in [0, 0.1) is 0 Å². The molecule has 3 aromatic heterocycles. The molecule has 0 amide bonds. The van der Waals surface area contributed by atoms with Gasteiger partial charge in [-0.3, -0.25) is 19.9 Å². The van der Waals surface area contributed by atoms with Crippen LogP contribution in [0.15, 0.2) is 35.5 Å². The summed E-state index contributed by atoms with van der Waals surface area (Å²) in [6, 6.07) is 3.42. The molecule has 0 unspecified atom stereocenters. The lowest BCUT2D eigenvalue weighted by molar-refractivity contribution is 0.854. The fraction of sp³-hybridized carbons (Fsp3) is 0.231. The van der Waals surface area contributed by atoms with E-state index in [1.54, 1.807) is 18.6 Å². The number of nitrogens with zero attached hydrogens (tertiary/aromatic N) is 4. The summed E-state index contributed by atoms with van der Waals surface area (Å²) in [6.07, 6.45) is 7.14. The largest absolute Gasteiger partial charge is 0.293 e. The Bertz CT molecular complexity index is 801. The van der Waals surface area contributed by atoms with E-state index in [0.717, 1.165) is 5.69 Å². The normalized spacial score (nSPS) is 14.9. The summed E-state index contributed by atoms with van der Waals surface area (Å²) >= 11 is 0. The minimum atomic E-state index is -0.127. The van der Waals surface area contributed by atoms with Gasteiger partial charge in [-0.15, -0.1) is 0 Å². The minimum absolute atomic E-state index is 0.127. The SMILES string of the molecule is O=c1cc(-c2cnccn2)nc2cc(C3CC3)[nH]n12. The van der Waals surface area contributed by atoms with E-state index in [4.69, 9.17) is 0 Å². The quantitative estimate of drug-likeness (QED) is 0.748. The van der Waals surface area contributed by atoms with Crippen LogP contribution in [0.2, 0.25) is 0 Å². The van der Waals surface area contributed by atoms with Crippen molar-refractivity contribution in [1.29, 1.82) is 0 Å². The number of nitrogens with one attached hydrogen (secondary N) is 1. The van der Waals surface area contributed by atoms with Crippen molar-refractivity contribution in [3.8, 4) is 11.4 Å². The van der Waals surface area contributed by atoms with Crippen LogP contribution in [0.5, 0.6) is 0 Å². The molecule has 0 radical (unpaired) electrons. The van der Waals surface area contributed by atoms with E-state index < -0.39 is 0 Å². The third-order valence-corrected chi connectivity index (χ3v) is 3.31. The van der Waals surface area contributed by atoms with Crippen molar-refractivity contribution < 1.29 is 0 Å². The van der Waals surface area contributed by atoms with Crippen molar-refractivity contribution >= 4 is 5.65 Å². The molecule has 0 aliphatic heterocycles. The maximum absolute atomic E-state index is 12.1. The smallest absolute Gasteiger partial charge is 0.273 e. The molecule has 4 rings (SSSR count). The molecule has 1 saturated carbocycles. The summed E-state index contributed by atoms with van der Waals surface area (Å²) in [5, 5.41) is 3.11. The molecule has 0 atom stereocenters.